The molecule has 2 N–H and O–H groups in total. The molecule has 34 heavy (non-hydrogen) atoms. The van der Waals surface area contributed by atoms with Gasteiger partial charge in [0.2, 0.25) is 5.91 Å². The van der Waals surface area contributed by atoms with Crippen LogP contribution in [-0.2, 0) is 17.9 Å². The Morgan fingerprint density at radius 2 is 1.59 bits per heavy atom. The second-order valence-corrected chi connectivity index (χ2v) is 9.56. The topological polar surface area (TPSA) is 59.6 Å². The smallest absolute Gasteiger partial charge is 0.226 e. The van der Waals surface area contributed by atoms with Crippen molar-refractivity contribution in [2.24, 2.45) is 5.92 Å². The standard InChI is InChI=1S/C26H27BrCl2N2O3/c1-4-33-24-12-17(14-30-18-8-10-19(11-9-18)31-26(32)16(2)3)21(27)13-25(24)34-15-20-22(28)6-5-7-23(20)29/h5-13,16,30H,4,14-15H2,1-3H3,(H,31,32). The third-order valence-electron chi connectivity index (χ3n) is 5.01. The predicted molar refractivity (Wildman–Crippen MR) is 143 cm³/mol. The molecule has 3 aromatic rings. The van der Waals surface area contributed by atoms with E-state index in [1.165, 1.54) is 0 Å². The Hall–Kier alpha value is -2.41. The van der Waals surface area contributed by atoms with E-state index in [0.717, 1.165) is 27.0 Å². The van der Waals surface area contributed by atoms with Crippen LogP contribution < -0.4 is 20.1 Å². The van der Waals surface area contributed by atoms with Crippen LogP contribution in [0, 0.1) is 5.92 Å². The SMILES string of the molecule is CCOc1cc(CNc2ccc(NC(=O)C(C)C)cc2)c(Br)cc1OCc1c(Cl)cccc1Cl. The first-order valence-electron chi connectivity index (χ1n) is 10.9. The van der Waals surface area contributed by atoms with Crippen molar-refractivity contribution < 1.29 is 14.3 Å². The Bertz CT molecular complexity index is 1120. The van der Waals surface area contributed by atoms with Crippen molar-refractivity contribution in [3.05, 3.63) is 80.2 Å². The molecule has 8 heteroatoms. The van der Waals surface area contributed by atoms with Crippen molar-refractivity contribution in [1.82, 2.24) is 0 Å². The van der Waals surface area contributed by atoms with Crippen molar-refractivity contribution in [3.8, 4) is 11.5 Å². The average molecular weight is 566 g/mol. The summed E-state index contributed by atoms with van der Waals surface area (Å²) in [6, 6.07) is 16.8. The summed E-state index contributed by atoms with van der Waals surface area (Å²) >= 11 is 16.2. The molecule has 0 aromatic heterocycles. The number of rotatable bonds is 10. The van der Waals surface area contributed by atoms with Crippen molar-refractivity contribution >= 4 is 56.4 Å². The number of ether oxygens (including phenoxy) is 2. The number of amides is 1. The fourth-order valence-electron chi connectivity index (χ4n) is 3.07. The molecule has 0 heterocycles. The van der Waals surface area contributed by atoms with E-state index < -0.39 is 0 Å². The zero-order valence-corrected chi connectivity index (χ0v) is 22.4. The fraction of sp³-hybridized carbons (Fsp3) is 0.269. The van der Waals surface area contributed by atoms with Crippen LogP contribution >= 0.6 is 39.1 Å². The van der Waals surface area contributed by atoms with Crippen LogP contribution in [0.3, 0.4) is 0 Å². The molecule has 180 valence electrons. The van der Waals surface area contributed by atoms with E-state index in [9.17, 15) is 4.79 Å². The van der Waals surface area contributed by atoms with Crippen LogP contribution in [0.25, 0.3) is 0 Å². The fourth-order valence-corrected chi connectivity index (χ4v) is 4.04. The Kier molecular flexibility index (Phi) is 9.51. The van der Waals surface area contributed by atoms with E-state index in [4.69, 9.17) is 32.7 Å². The summed E-state index contributed by atoms with van der Waals surface area (Å²) in [5.41, 5.74) is 3.43. The third kappa shape index (κ3) is 7.05. The quantitative estimate of drug-likeness (QED) is 0.262. The molecule has 0 atom stereocenters. The Labute approximate surface area is 218 Å². The molecule has 0 unspecified atom stereocenters. The summed E-state index contributed by atoms with van der Waals surface area (Å²) in [6.07, 6.45) is 0. The lowest BCUT2D eigenvalue weighted by Gasteiger charge is -2.17. The highest BCUT2D eigenvalue weighted by Gasteiger charge is 2.14. The summed E-state index contributed by atoms with van der Waals surface area (Å²) in [6.45, 7) is 6.94. The molecular formula is C26H27BrCl2N2O3. The molecule has 3 aromatic carbocycles. The van der Waals surface area contributed by atoms with Gasteiger partial charge in [0.1, 0.15) is 6.61 Å². The van der Waals surface area contributed by atoms with Crippen molar-refractivity contribution in [2.45, 2.75) is 33.9 Å². The lowest BCUT2D eigenvalue weighted by atomic mass is 10.1. The van der Waals surface area contributed by atoms with Gasteiger partial charge in [0.25, 0.3) is 0 Å². The summed E-state index contributed by atoms with van der Waals surface area (Å²) in [5.74, 6) is 1.16. The van der Waals surface area contributed by atoms with Gasteiger partial charge in [-0.1, -0.05) is 59.0 Å². The normalized spacial score (nSPS) is 10.8. The summed E-state index contributed by atoms with van der Waals surface area (Å²) in [4.78, 5) is 11.9. The molecule has 0 bridgehead atoms. The summed E-state index contributed by atoms with van der Waals surface area (Å²) < 4.78 is 12.7. The second kappa shape index (κ2) is 12.3. The van der Waals surface area contributed by atoms with Crippen LogP contribution in [0.2, 0.25) is 10.0 Å². The largest absolute Gasteiger partial charge is 0.490 e. The van der Waals surface area contributed by atoms with E-state index in [0.29, 0.717) is 34.7 Å². The lowest BCUT2D eigenvalue weighted by molar-refractivity contribution is -0.118. The third-order valence-corrected chi connectivity index (χ3v) is 6.45. The number of hydrogen-bond donors (Lipinski definition) is 2. The minimum Gasteiger partial charge on any atom is -0.490 e. The van der Waals surface area contributed by atoms with Gasteiger partial charge in [0, 0.05) is 43.9 Å². The molecule has 0 saturated carbocycles. The molecule has 1 amide bonds. The van der Waals surface area contributed by atoms with Crippen LogP contribution in [-0.4, -0.2) is 12.5 Å². The minimum absolute atomic E-state index is 0.00721. The number of carbonyl (C=O) groups excluding carboxylic acids is 1. The average Bonchev–Trinajstić information content (AvgIpc) is 2.80. The van der Waals surface area contributed by atoms with Gasteiger partial charge in [-0.3, -0.25) is 4.79 Å². The predicted octanol–water partition coefficient (Wildman–Crippen LogP) is 7.94. The van der Waals surface area contributed by atoms with Gasteiger partial charge >= 0.3 is 0 Å². The van der Waals surface area contributed by atoms with Crippen LogP contribution in [0.1, 0.15) is 31.9 Å². The van der Waals surface area contributed by atoms with Gasteiger partial charge in [-0.25, -0.2) is 0 Å². The van der Waals surface area contributed by atoms with Gasteiger partial charge in [0.15, 0.2) is 11.5 Å². The van der Waals surface area contributed by atoms with Gasteiger partial charge in [-0.2, -0.15) is 0 Å². The van der Waals surface area contributed by atoms with Crippen LogP contribution in [0.4, 0.5) is 11.4 Å². The first-order valence-corrected chi connectivity index (χ1v) is 12.5. The van der Waals surface area contributed by atoms with E-state index in [1.54, 1.807) is 18.2 Å². The number of anilines is 2. The van der Waals surface area contributed by atoms with Crippen LogP contribution in [0.15, 0.2) is 59.1 Å². The number of nitrogens with one attached hydrogen (secondary N) is 2. The first-order chi connectivity index (χ1) is 16.3. The Morgan fingerprint density at radius 3 is 2.21 bits per heavy atom. The first kappa shape index (κ1) is 26.2. The van der Waals surface area contributed by atoms with E-state index >= 15 is 0 Å². The summed E-state index contributed by atoms with van der Waals surface area (Å²) in [7, 11) is 0. The monoisotopic (exact) mass is 564 g/mol. The van der Waals surface area contributed by atoms with Crippen molar-refractivity contribution in [1.29, 1.82) is 0 Å². The molecule has 0 aliphatic carbocycles. The minimum atomic E-state index is -0.0664. The summed E-state index contributed by atoms with van der Waals surface area (Å²) in [5, 5.41) is 7.39. The van der Waals surface area contributed by atoms with Gasteiger partial charge in [-0.05, 0) is 61.0 Å². The maximum absolute atomic E-state index is 11.9. The molecule has 0 spiro atoms. The number of benzene rings is 3. The molecule has 0 aliphatic rings. The molecule has 0 fully saturated rings. The second-order valence-electron chi connectivity index (χ2n) is 7.89. The highest BCUT2D eigenvalue weighted by Crippen LogP contribution is 2.36. The van der Waals surface area contributed by atoms with E-state index in [1.807, 2.05) is 57.2 Å². The van der Waals surface area contributed by atoms with Crippen molar-refractivity contribution in [2.75, 3.05) is 17.2 Å². The zero-order chi connectivity index (χ0) is 24.7. The zero-order valence-electron chi connectivity index (χ0n) is 19.3. The van der Waals surface area contributed by atoms with Crippen LogP contribution in [0.5, 0.6) is 11.5 Å². The molecule has 5 nitrogen and oxygen atoms in total. The molecule has 3 rings (SSSR count). The van der Waals surface area contributed by atoms with Gasteiger partial charge < -0.3 is 20.1 Å². The lowest BCUT2D eigenvalue weighted by Crippen LogP contribution is -2.17. The molecular weight excluding hydrogens is 539 g/mol. The Balaban J connectivity index is 1.69. The maximum atomic E-state index is 11.9. The van der Waals surface area contributed by atoms with E-state index in [-0.39, 0.29) is 18.4 Å². The molecule has 0 saturated heterocycles. The highest BCUT2D eigenvalue weighted by atomic mass is 79.9. The van der Waals surface area contributed by atoms with Crippen molar-refractivity contribution in [3.63, 3.8) is 0 Å². The highest BCUT2D eigenvalue weighted by molar-refractivity contribution is 9.10. The number of hydrogen-bond acceptors (Lipinski definition) is 4. The number of halogens is 3. The van der Waals surface area contributed by atoms with Gasteiger partial charge in [-0.15, -0.1) is 0 Å². The molecule has 0 radical (unpaired) electrons. The maximum Gasteiger partial charge on any atom is 0.226 e. The number of carbonyl (C=O) groups is 1. The Morgan fingerprint density at radius 1 is 0.971 bits per heavy atom. The van der Waals surface area contributed by atoms with Gasteiger partial charge in [0.05, 0.1) is 6.61 Å². The van der Waals surface area contributed by atoms with E-state index in [2.05, 4.69) is 26.6 Å². The molecule has 0 aliphatic heterocycles.